The maximum Gasteiger partial charge on any atom is 0.0633 e. The van der Waals surface area contributed by atoms with E-state index in [1.807, 2.05) is 119 Å². The fourth-order valence-corrected chi connectivity index (χ4v) is 2.55. The van der Waals surface area contributed by atoms with Crippen LogP contribution in [0.5, 0.6) is 0 Å². The summed E-state index contributed by atoms with van der Waals surface area (Å²) in [5.74, 6) is 0. The smallest absolute Gasteiger partial charge is 0.0633 e. The Morgan fingerprint density at radius 2 is 0.769 bits per heavy atom. The normalized spacial score (nSPS) is 13.7. The first-order valence-electron chi connectivity index (χ1n) is 8.40. The van der Waals surface area contributed by atoms with Crippen molar-refractivity contribution in [3.63, 3.8) is 0 Å². The van der Waals surface area contributed by atoms with Crippen LogP contribution in [-0.2, 0) is 0 Å². The molecule has 1 heterocycles. The molecule has 3 aromatic carbocycles. The molecule has 1 aliphatic heterocycles. The van der Waals surface area contributed by atoms with E-state index >= 15 is 0 Å². The Labute approximate surface area is 152 Å². The molecule has 6 nitrogen and oxygen atoms in total. The highest BCUT2D eigenvalue weighted by molar-refractivity contribution is 5.45. The topological polar surface area (TPSA) is 45.8 Å². The van der Waals surface area contributed by atoms with Gasteiger partial charge in [0.25, 0.3) is 0 Å². The number of nitrogens with one attached hydrogen (secondary N) is 3. The SMILES string of the molecule is C1=CN(Nc2ccccc2)N(Nc2ccccc2)N1Nc1ccccc1. The molecule has 6 heteroatoms. The van der Waals surface area contributed by atoms with E-state index < -0.39 is 0 Å². The van der Waals surface area contributed by atoms with Gasteiger partial charge < -0.3 is 0 Å². The van der Waals surface area contributed by atoms with Crippen molar-refractivity contribution in [1.82, 2.24) is 15.5 Å². The number of para-hydroxylation sites is 3. The van der Waals surface area contributed by atoms with Gasteiger partial charge in [0.2, 0.25) is 0 Å². The lowest BCUT2D eigenvalue weighted by Gasteiger charge is -2.36. The highest BCUT2D eigenvalue weighted by Gasteiger charge is 2.24. The van der Waals surface area contributed by atoms with Crippen LogP contribution in [0.3, 0.4) is 0 Å². The van der Waals surface area contributed by atoms with Crippen LogP contribution in [0.25, 0.3) is 0 Å². The Morgan fingerprint density at radius 1 is 0.423 bits per heavy atom. The number of hydrazine groups is 5. The number of benzene rings is 3. The largest absolute Gasteiger partial charge is 0.281 e. The van der Waals surface area contributed by atoms with E-state index in [4.69, 9.17) is 0 Å². The van der Waals surface area contributed by atoms with Gasteiger partial charge in [0.15, 0.2) is 0 Å². The van der Waals surface area contributed by atoms with E-state index in [9.17, 15) is 0 Å². The van der Waals surface area contributed by atoms with Gasteiger partial charge in [-0.1, -0.05) is 54.6 Å². The highest BCUT2D eigenvalue weighted by Crippen LogP contribution is 2.20. The van der Waals surface area contributed by atoms with Crippen molar-refractivity contribution in [2.45, 2.75) is 0 Å². The molecule has 0 unspecified atom stereocenters. The molecule has 130 valence electrons. The van der Waals surface area contributed by atoms with Crippen LogP contribution in [-0.4, -0.2) is 15.5 Å². The molecule has 0 amide bonds. The lowest BCUT2D eigenvalue weighted by molar-refractivity contribution is -0.0548. The van der Waals surface area contributed by atoms with Crippen molar-refractivity contribution in [3.05, 3.63) is 103 Å². The van der Waals surface area contributed by atoms with Gasteiger partial charge in [-0.25, -0.2) is 0 Å². The quantitative estimate of drug-likeness (QED) is 0.620. The summed E-state index contributed by atoms with van der Waals surface area (Å²) < 4.78 is 0. The van der Waals surface area contributed by atoms with Gasteiger partial charge >= 0.3 is 0 Å². The van der Waals surface area contributed by atoms with Gasteiger partial charge in [0.1, 0.15) is 0 Å². The first-order chi connectivity index (χ1) is 12.9. The van der Waals surface area contributed by atoms with E-state index in [1.54, 1.807) is 0 Å². The van der Waals surface area contributed by atoms with Crippen LogP contribution in [0.2, 0.25) is 0 Å². The average Bonchev–Trinajstić information content (AvgIpc) is 3.05. The highest BCUT2D eigenvalue weighted by atomic mass is 16.1. The predicted octanol–water partition coefficient (Wildman–Crippen LogP) is 4.29. The molecule has 0 bridgehead atoms. The van der Waals surface area contributed by atoms with Crippen LogP contribution in [0.1, 0.15) is 0 Å². The van der Waals surface area contributed by atoms with Crippen molar-refractivity contribution >= 4 is 17.1 Å². The number of nitrogens with zero attached hydrogens (tertiary/aromatic N) is 3. The van der Waals surface area contributed by atoms with Crippen LogP contribution < -0.4 is 16.3 Å². The maximum absolute atomic E-state index is 3.38. The average molecular weight is 344 g/mol. The van der Waals surface area contributed by atoms with Gasteiger partial charge in [-0.05, 0) is 36.4 Å². The van der Waals surface area contributed by atoms with Crippen LogP contribution in [0.4, 0.5) is 17.1 Å². The third-order valence-electron chi connectivity index (χ3n) is 3.80. The number of rotatable bonds is 6. The van der Waals surface area contributed by atoms with Crippen LogP contribution >= 0.6 is 0 Å². The molecule has 0 spiro atoms. The Morgan fingerprint density at radius 3 is 1.15 bits per heavy atom. The Balaban J connectivity index is 1.54. The van der Waals surface area contributed by atoms with E-state index in [2.05, 4.69) is 16.3 Å². The fraction of sp³-hybridized carbons (Fsp3) is 0. The van der Waals surface area contributed by atoms with E-state index in [-0.39, 0.29) is 0 Å². The summed E-state index contributed by atoms with van der Waals surface area (Å²) in [6, 6.07) is 30.1. The monoisotopic (exact) mass is 344 g/mol. The molecule has 3 N–H and O–H groups in total. The first-order valence-corrected chi connectivity index (χ1v) is 8.40. The predicted molar refractivity (Wildman–Crippen MR) is 105 cm³/mol. The molecular formula is C20H20N6. The molecule has 0 fully saturated rings. The molecule has 3 aromatic rings. The van der Waals surface area contributed by atoms with E-state index in [1.165, 1.54) is 0 Å². The van der Waals surface area contributed by atoms with Crippen molar-refractivity contribution < 1.29 is 0 Å². The molecule has 0 radical (unpaired) electrons. The Hall–Kier alpha value is -3.64. The third-order valence-corrected chi connectivity index (χ3v) is 3.80. The van der Waals surface area contributed by atoms with Crippen LogP contribution in [0, 0.1) is 0 Å². The summed E-state index contributed by atoms with van der Waals surface area (Å²) in [4.78, 5) is 0. The van der Waals surface area contributed by atoms with Gasteiger partial charge in [-0.2, -0.15) is 10.2 Å². The zero-order valence-electron chi connectivity index (χ0n) is 14.2. The summed E-state index contributed by atoms with van der Waals surface area (Å²) >= 11 is 0. The van der Waals surface area contributed by atoms with Crippen molar-refractivity contribution in [2.24, 2.45) is 0 Å². The molecule has 26 heavy (non-hydrogen) atoms. The van der Waals surface area contributed by atoms with Gasteiger partial charge in [0, 0.05) is 5.23 Å². The zero-order chi connectivity index (χ0) is 17.6. The fourth-order valence-electron chi connectivity index (χ4n) is 2.55. The molecule has 0 aromatic heterocycles. The van der Waals surface area contributed by atoms with Gasteiger partial charge in [-0.15, -0.1) is 0 Å². The minimum atomic E-state index is 0.968. The summed E-state index contributed by atoms with van der Waals surface area (Å²) in [6.07, 6.45) is 3.86. The van der Waals surface area contributed by atoms with E-state index in [0.717, 1.165) is 17.1 Å². The Bertz CT molecular complexity index is 786. The second-order valence-corrected chi connectivity index (χ2v) is 5.71. The molecule has 0 aliphatic carbocycles. The number of hydrogen-bond acceptors (Lipinski definition) is 6. The summed E-state index contributed by atoms with van der Waals surface area (Å²) in [5, 5.41) is 5.56. The summed E-state index contributed by atoms with van der Waals surface area (Å²) in [5.41, 5.74) is 13.0. The van der Waals surface area contributed by atoms with Gasteiger partial charge in [-0.3, -0.25) is 16.3 Å². The lowest BCUT2D eigenvalue weighted by atomic mass is 10.3. The standard InChI is InChI=1S/C20H20N6/c1-4-10-18(11-5-1)21-24-16-17-25(22-19-12-6-2-7-13-19)26(24)23-20-14-8-3-9-15-20/h1-17,21-23H. The second kappa shape index (κ2) is 7.50. The molecule has 0 saturated heterocycles. The third kappa shape index (κ3) is 3.71. The van der Waals surface area contributed by atoms with Crippen molar-refractivity contribution in [1.29, 1.82) is 0 Å². The van der Waals surface area contributed by atoms with Crippen molar-refractivity contribution in [3.8, 4) is 0 Å². The first kappa shape index (κ1) is 15.9. The maximum atomic E-state index is 3.38. The molecule has 4 rings (SSSR count). The Kier molecular flexibility index (Phi) is 4.58. The summed E-state index contributed by atoms with van der Waals surface area (Å²) in [6.45, 7) is 0. The number of anilines is 3. The second-order valence-electron chi connectivity index (χ2n) is 5.71. The molecule has 0 atom stereocenters. The van der Waals surface area contributed by atoms with Crippen molar-refractivity contribution in [2.75, 3.05) is 16.3 Å². The van der Waals surface area contributed by atoms with Crippen LogP contribution in [0.15, 0.2) is 103 Å². The number of hydrogen-bond donors (Lipinski definition) is 3. The minimum absolute atomic E-state index is 0.968. The molecular weight excluding hydrogens is 324 g/mol. The molecule has 1 aliphatic rings. The molecule has 0 saturated carbocycles. The minimum Gasteiger partial charge on any atom is -0.281 e. The van der Waals surface area contributed by atoms with Gasteiger partial charge in [0.05, 0.1) is 29.5 Å². The zero-order valence-corrected chi connectivity index (χ0v) is 14.2. The van der Waals surface area contributed by atoms with E-state index in [0.29, 0.717) is 0 Å². The summed E-state index contributed by atoms with van der Waals surface area (Å²) in [7, 11) is 0. The lowest BCUT2D eigenvalue weighted by Crippen LogP contribution is -2.52.